The van der Waals surface area contributed by atoms with Crippen LogP contribution < -0.4 is 20.3 Å². The first-order chi connectivity index (χ1) is 13.1. The van der Waals surface area contributed by atoms with E-state index in [2.05, 4.69) is 5.32 Å². The number of ether oxygens (including phenoxy) is 2. The Balaban J connectivity index is 1.88. The minimum Gasteiger partial charge on any atom is -0.497 e. The van der Waals surface area contributed by atoms with E-state index in [1.807, 2.05) is 30.3 Å². The molecule has 0 unspecified atom stereocenters. The highest BCUT2D eigenvalue weighted by molar-refractivity contribution is 6.04. The van der Waals surface area contributed by atoms with E-state index in [1.54, 1.807) is 30.5 Å². The fraction of sp³-hybridized carbons (Fsp3) is 0.143. The summed E-state index contributed by atoms with van der Waals surface area (Å²) in [6.07, 6.45) is 1.66. The van der Waals surface area contributed by atoms with Gasteiger partial charge in [0.05, 0.1) is 26.5 Å². The summed E-state index contributed by atoms with van der Waals surface area (Å²) in [6, 6.07) is 17.8. The third kappa shape index (κ3) is 4.17. The molecule has 3 rings (SSSR count). The number of nitrogens with zero attached hydrogens (tertiary/aromatic N) is 1. The van der Waals surface area contributed by atoms with Crippen LogP contribution in [0, 0.1) is 0 Å². The van der Waals surface area contributed by atoms with Crippen LogP contribution in [-0.2, 0) is 6.54 Å². The smallest absolute Gasteiger partial charge is 0.263 e. The number of rotatable bonds is 6. The maximum absolute atomic E-state index is 12.7. The van der Waals surface area contributed by atoms with Gasteiger partial charge >= 0.3 is 0 Å². The van der Waals surface area contributed by atoms with Crippen LogP contribution in [0.25, 0.3) is 0 Å². The number of carbonyl (C=O) groups excluding carboxylic acids is 1. The molecule has 1 N–H and O–H groups in total. The lowest BCUT2D eigenvalue weighted by molar-refractivity contribution is 0.102. The van der Waals surface area contributed by atoms with Crippen LogP contribution in [0.4, 0.5) is 5.69 Å². The lowest BCUT2D eigenvalue weighted by Gasteiger charge is -2.12. The molecule has 0 aliphatic heterocycles. The minimum absolute atomic E-state index is 0.0540. The number of hydrogen-bond donors (Lipinski definition) is 1. The lowest BCUT2D eigenvalue weighted by Crippen LogP contribution is -2.29. The molecule has 0 radical (unpaired) electrons. The second kappa shape index (κ2) is 8.23. The Morgan fingerprint density at radius 3 is 2.48 bits per heavy atom. The van der Waals surface area contributed by atoms with Crippen LogP contribution in [0.1, 0.15) is 15.9 Å². The summed E-state index contributed by atoms with van der Waals surface area (Å²) in [5.41, 5.74) is 1.10. The molecule has 3 aromatic rings. The number of amides is 1. The Bertz CT molecular complexity index is 997. The van der Waals surface area contributed by atoms with Gasteiger partial charge in [0.2, 0.25) is 0 Å². The fourth-order valence-electron chi connectivity index (χ4n) is 2.72. The monoisotopic (exact) mass is 364 g/mol. The van der Waals surface area contributed by atoms with Crippen molar-refractivity contribution in [2.45, 2.75) is 6.54 Å². The number of pyridine rings is 1. The van der Waals surface area contributed by atoms with E-state index in [0.717, 1.165) is 5.56 Å². The van der Waals surface area contributed by atoms with Crippen LogP contribution >= 0.6 is 0 Å². The van der Waals surface area contributed by atoms with E-state index in [1.165, 1.54) is 24.9 Å². The molecule has 0 saturated carbocycles. The summed E-state index contributed by atoms with van der Waals surface area (Å²) >= 11 is 0. The number of hydrogen-bond acceptors (Lipinski definition) is 4. The topological polar surface area (TPSA) is 69.6 Å². The van der Waals surface area contributed by atoms with Crippen molar-refractivity contribution in [3.8, 4) is 11.5 Å². The molecule has 0 aliphatic carbocycles. The van der Waals surface area contributed by atoms with E-state index < -0.39 is 5.91 Å². The first-order valence-electron chi connectivity index (χ1n) is 8.39. The quantitative estimate of drug-likeness (QED) is 0.729. The summed E-state index contributed by atoms with van der Waals surface area (Å²) in [4.78, 5) is 25.4. The number of benzene rings is 2. The van der Waals surface area contributed by atoms with Crippen LogP contribution in [0.5, 0.6) is 11.5 Å². The second-order valence-electron chi connectivity index (χ2n) is 5.86. The van der Waals surface area contributed by atoms with E-state index in [0.29, 0.717) is 23.7 Å². The molecular weight excluding hydrogens is 344 g/mol. The van der Waals surface area contributed by atoms with Gasteiger partial charge in [0.15, 0.2) is 0 Å². The average Bonchev–Trinajstić information content (AvgIpc) is 2.70. The van der Waals surface area contributed by atoms with Gasteiger partial charge < -0.3 is 19.4 Å². The largest absolute Gasteiger partial charge is 0.497 e. The summed E-state index contributed by atoms with van der Waals surface area (Å²) in [7, 11) is 3.04. The summed E-state index contributed by atoms with van der Waals surface area (Å²) in [5, 5.41) is 2.73. The molecule has 1 aromatic heterocycles. The maximum Gasteiger partial charge on any atom is 0.263 e. The van der Waals surface area contributed by atoms with E-state index in [4.69, 9.17) is 9.47 Å². The second-order valence-corrected chi connectivity index (χ2v) is 5.86. The highest BCUT2D eigenvalue weighted by Crippen LogP contribution is 2.29. The van der Waals surface area contributed by atoms with E-state index in [-0.39, 0.29) is 11.1 Å². The van der Waals surface area contributed by atoms with Crippen LogP contribution in [0.3, 0.4) is 0 Å². The molecule has 0 fully saturated rings. The van der Waals surface area contributed by atoms with Gasteiger partial charge in [-0.25, -0.2) is 0 Å². The first kappa shape index (κ1) is 18.3. The molecule has 1 heterocycles. The molecule has 6 heteroatoms. The van der Waals surface area contributed by atoms with Crippen LogP contribution in [-0.4, -0.2) is 24.7 Å². The molecule has 2 aromatic carbocycles. The zero-order valence-corrected chi connectivity index (χ0v) is 15.1. The van der Waals surface area contributed by atoms with Crippen molar-refractivity contribution in [3.63, 3.8) is 0 Å². The highest BCUT2D eigenvalue weighted by Gasteiger charge is 2.15. The van der Waals surface area contributed by atoms with Gasteiger partial charge in [0.1, 0.15) is 17.1 Å². The average molecular weight is 364 g/mol. The first-order valence-corrected chi connectivity index (χ1v) is 8.39. The van der Waals surface area contributed by atoms with Gasteiger partial charge in [-0.05, 0) is 29.8 Å². The van der Waals surface area contributed by atoms with Gasteiger partial charge in [-0.2, -0.15) is 0 Å². The molecule has 0 bridgehead atoms. The molecular formula is C21H20N2O4. The number of anilines is 1. The van der Waals surface area contributed by atoms with Crippen molar-refractivity contribution in [2.24, 2.45) is 0 Å². The van der Waals surface area contributed by atoms with Crippen molar-refractivity contribution in [3.05, 3.63) is 88.3 Å². The molecule has 1 amide bonds. The summed E-state index contributed by atoms with van der Waals surface area (Å²) < 4.78 is 11.9. The van der Waals surface area contributed by atoms with Gasteiger partial charge in [-0.15, -0.1) is 0 Å². The number of methoxy groups -OCH3 is 2. The van der Waals surface area contributed by atoms with Crippen molar-refractivity contribution in [1.29, 1.82) is 0 Å². The van der Waals surface area contributed by atoms with Crippen LogP contribution in [0.2, 0.25) is 0 Å². The Morgan fingerprint density at radius 2 is 1.78 bits per heavy atom. The maximum atomic E-state index is 12.7. The molecule has 27 heavy (non-hydrogen) atoms. The Morgan fingerprint density at radius 1 is 1.00 bits per heavy atom. The zero-order valence-electron chi connectivity index (χ0n) is 15.1. The number of carbonyl (C=O) groups is 1. The van der Waals surface area contributed by atoms with Gasteiger partial charge in [0, 0.05) is 12.3 Å². The van der Waals surface area contributed by atoms with E-state index >= 15 is 0 Å². The van der Waals surface area contributed by atoms with E-state index in [9.17, 15) is 9.59 Å². The summed E-state index contributed by atoms with van der Waals surface area (Å²) in [6.45, 7) is 0.392. The molecule has 6 nitrogen and oxygen atoms in total. The van der Waals surface area contributed by atoms with Crippen molar-refractivity contribution in [1.82, 2.24) is 4.57 Å². The molecule has 0 spiro atoms. The van der Waals surface area contributed by atoms with Crippen LogP contribution in [0.15, 0.2) is 71.7 Å². The van der Waals surface area contributed by atoms with Gasteiger partial charge in [0.25, 0.3) is 11.5 Å². The predicted molar refractivity (Wildman–Crippen MR) is 104 cm³/mol. The van der Waals surface area contributed by atoms with Gasteiger partial charge in [-0.1, -0.05) is 30.3 Å². The lowest BCUT2D eigenvalue weighted by atomic mass is 10.2. The fourth-order valence-corrected chi connectivity index (χ4v) is 2.72. The Labute approximate surface area is 157 Å². The van der Waals surface area contributed by atoms with Crippen molar-refractivity contribution in [2.75, 3.05) is 19.5 Å². The molecule has 0 atom stereocenters. The Kier molecular flexibility index (Phi) is 5.56. The highest BCUT2D eigenvalue weighted by atomic mass is 16.5. The SMILES string of the molecule is COc1ccc(OC)c(NC(=O)c2cccn(Cc3ccccc3)c2=O)c1. The van der Waals surface area contributed by atoms with Gasteiger partial charge in [-0.3, -0.25) is 9.59 Å². The summed E-state index contributed by atoms with van der Waals surface area (Å²) in [5.74, 6) is 0.541. The number of nitrogens with one attached hydrogen (secondary N) is 1. The third-order valence-electron chi connectivity index (χ3n) is 4.12. The third-order valence-corrected chi connectivity index (χ3v) is 4.12. The normalized spacial score (nSPS) is 10.3. The van der Waals surface area contributed by atoms with Crippen molar-refractivity contribution >= 4 is 11.6 Å². The Hall–Kier alpha value is -3.54. The standard InChI is InChI=1S/C21H20N2O4/c1-26-16-10-11-19(27-2)18(13-16)22-20(24)17-9-6-12-23(21(17)25)14-15-7-4-3-5-8-15/h3-13H,14H2,1-2H3,(H,22,24). The van der Waals surface area contributed by atoms with Crippen molar-refractivity contribution < 1.29 is 14.3 Å². The zero-order chi connectivity index (χ0) is 19.2. The minimum atomic E-state index is -0.506. The molecule has 138 valence electrons. The number of aromatic nitrogens is 1. The predicted octanol–water partition coefficient (Wildman–Crippen LogP) is 3.17. The molecule has 0 saturated heterocycles. The molecule has 0 aliphatic rings.